The molecule has 0 fully saturated rings. The second-order valence-electron chi connectivity index (χ2n) is 8.96. The molecule has 0 saturated carbocycles. The first kappa shape index (κ1) is 33.9. The standard InChI is InChI=1S/C27H14BrClF10N2O2/c1-41(23(43)17-6-5-13(12-40)7-21(17)29)16-4-2-3-14(8-16)22(42)11-18-19(25(31,32)33)9-15(10-20(18)28)24(30,26(34,35)36)27(37,38)39/h2-10H,11H2,1H3. The Morgan fingerprint density at radius 1 is 0.907 bits per heavy atom. The van der Waals surface area contributed by atoms with Gasteiger partial charge in [-0.1, -0.05) is 39.7 Å². The fourth-order valence-electron chi connectivity index (χ4n) is 3.96. The molecule has 0 N–H and O–H groups in total. The summed E-state index contributed by atoms with van der Waals surface area (Å²) in [5.74, 6) is -1.77. The summed E-state index contributed by atoms with van der Waals surface area (Å²) in [7, 11) is 1.28. The van der Waals surface area contributed by atoms with Crippen LogP contribution < -0.4 is 4.90 Å². The van der Waals surface area contributed by atoms with Gasteiger partial charge in [0.1, 0.15) is 0 Å². The van der Waals surface area contributed by atoms with Gasteiger partial charge in [-0.3, -0.25) is 9.59 Å². The van der Waals surface area contributed by atoms with Gasteiger partial charge in [0, 0.05) is 34.8 Å². The predicted octanol–water partition coefficient (Wildman–Crippen LogP) is 8.98. The van der Waals surface area contributed by atoms with Gasteiger partial charge < -0.3 is 4.90 Å². The average molecular weight is 704 g/mol. The fraction of sp³-hybridized carbons (Fsp3) is 0.222. The normalized spacial score (nSPS) is 12.6. The lowest BCUT2D eigenvalue weighted by Gasteiger charge is -2.31. The molecular formula is C27H14BrClF10N2O2. The maximum absolute atomic E-state index is 14.6. The van der Waals surface area contributed by atoms with Crippen LogP contribution >= 0.6 is 27.5 Å². The van der Waals surface area contributed by atoms with Crippen molar-refractivity contribution in [2.45, 2.75) is 30.6 Å². The lowest BCUT2D eigenvalue weighted by Crippen LogP contribution is -2.50. The Labute approximate surface area is 249 Å². The quantitative estimate of drug-likeness (QED) is 0.190. The largest absolute Gasteiger partial charge is 0.435 e. The van der Waals surface area contributed by atoms with Crippen LogP contribution in [0.15, 0.2) is 59.1 Å². The highest BCUT2D eigenvalue weighted by molar-refractivity contribution is 9.10. The van der Waals surface area contributed by atoms with Gasteiger partial charge in [0.05, 0.1) is 27.8 Å². The molecule has 0 spiro atoms. The van der Waals surface area contributed by atoms with Crippen molar-refractivity contribution in [3.63, 3.8) is 0 Å². The van der Waals surface area contributed by atoms with Crippen molar-refractivity contribution in [2.24, 2.45) is 0 Å². The summed E-state index contributed by atoms with van der Waals surface area (Å²) in [4.78, 5) is 27.0. The van der Waals surface area contributed by atoms with Gasteiger partial charge in [-0.15, -0.1) is 0 Å². The molecule has 3 aromatic carbocycles. The summed E-state index contributed by atoms with van der Waals surface area (Å²) in [6, 6.07) is 9.81. The number of Topliss-reactive ketones (excluding diaryl/α,β-unsaturated/α-hetero) is 1. The van der Waals surface area contributed by atoms with Gasteiger partial charge in [0.15, 0.2) is 5.78 Å². The van der Waals surface area contributed by atoms with E-state index in [9.17, 15) is 53.5 Å². The van der Waals surface area contributed by atoms with E-state index in [1.807, 2.05) is 6.07 Å². The third-order valence-corrected chi connectivity index (χ3v) is 7.23. The van der Waals surface area contributed by atoms with E-state index in [-0.39, 0.29) is 33.5 Å². The van der Waals surface area contributed by atoms with Gasteiger partial charge in [0.25, 0.3) is 5.91 Å². The van der Waals surface area contributed by atoms with Crippen molar-refractivity contribution in [2.75, 3.05) is 11.9 Å². The van der Waals surface area contributed by atoms with E-state index in [0.717, 1.165) is 17.0 Å². The van der Waals surface area contributed by atoms with Crippen LogP contribution in [0.4, 0.5) is 49.6 Å². The van der Waals surface area contributed by atoms with Gasteiger partial charge in [-0.2, -0.15) is 44.8 Å². The van der Waals surface area contributed by atoms with E-state index in [4.69, 9.17) is 16.9 Å². The van der Waals surface area contributed by atoms with Crippen molar-refractivity contribution in [1.29, 1.82) is 5.26 Å². The number of halogens is 12. The first-order valence-corrected chi connectivity index (χ1v) is 12.6. The van der Waals surface area contributed by atoms with Crippen molar-refractivity contribution in [1.82, 2.24) is 0 Å². The number of alkyl halides is 10. The summed E-state index contributed by atoms with van der Waals surface area (Å²) < 4.78 is 134. The zero-order valence-electron chi connectivity index (χ0n) is 21.1. The highest BCUT2D eigenvalue weighted by atomic mass is 79.9. The summed E-state index contributed by atoms with van der Waals surface area (Å²) in [6.07, 6.45) is -20.1. The molecule has 0 saturated heterocycles. The summed E-state index contributed by atoms with van der Waals surface area (Å²) in [5.41, 5.74) is -11.8. The third-order valence-electron chi connectivity index (χ3n) is 6.21. The maximum Gasteiger partial charge on any atom is 0.435 e. The van der Waals surface area contributed by atoms with E-state index >= 15 is 0 Å². The Hall–Kier alpha value is -3.64. The second kappa shape index (κ2) is 11.8. The molecule has 0 aliphatic heterocycles. The van der Waals surface area contributed by atoms with Crippen LogP contribution in [0.5, 0.6) is 0 Å². The molecule has 1 amide bonds. The zero-order chi connectivity index (χ0) is 32.7. The number of rotatable bonds is 6. The second-order valence-corrected chi connectivity index (χ2v) is 10.2. The molecular weight excluding hydrogens is 690 g/mol. The Morgan fingerprint density at radius 2 is 1.51 bits per heavy atom. The van der Waals surface area contributed by atoms with Crippen LogP contribution in [0.2, 0.25) is 5.02 Å². The number of benzene rings is 3. The Bertz CT molecular complexity index is 1610. The molecule has 0 unspecified atom stereocenters. The van der Waals surface area contributed by atoms with Crippen LogP contribution in [-0.2, 0) is 18.3 Å². The molecule has 3 rings (SSSR count). The molecule has 3 aromatic rings. The highest BCUT2D eigenvalue weighted by Crippen LogP contribution is 2.54. The van der Waals surface area contributed by atoms with E-state index in [0.29, 0.717) is 0 Å². The molecule has 228 valence electrons. The molecule has 0 heterocycles. The third kappa shape index (κ3) is 6.65. The van der Waals surface area contributed by atoms with Crippen LogP contribution in [0, 0.1) is 11.3 Å². The highest BCUT2D eigenvalue weighted by Gasteiger charge is 2.73. The molecule has 43 heavy (non-hydrogen) atoms. The Balaban J connectivity index is 2.02. The molecule has 0 radical (unpaired) electrons. The fourth-order valence-corrected chi connectivity index (χ4v) is 4.82. The monoisotopic (exact) mass is 702 g/mol. The molecule has 0 aliphatic carbocycles. The first-order chi connectivity index (χ1) is 19.6. The minimum atomic E-state index is -6.67. The van der Waals surface area contributed by atoms with E-state index < -0.39 is 69.5 Å². The minimum Gasteiger partial charge on any atom is -0.311 e. The van der Waals surface area contributed by atoms with Crippen LogP contribution in [0.25, 0.3) is 0 Å². The van der Waals surface area contributed by atoms with Gasteiger partial charge in [-0.05, 0) is 48.0 Å². The van der Waals surface area contributed by atoms with Crippen LogP contribution in [0.3, 0.4) is 0 Å². The number of nitriles is 1. The minimum absolute atomic E-state index is 0.0274. The van der Waals surface area contributed by atoms with Gasteiger partial charge in [0.2, 0.25) is 0 Å². The summed E-state index contributed by atoms with van der Waals surface area (Å²) in [5, 5.41) is 8.89. The van der Waals surface area contributed by atoms with Crippen LogP contribution in [0.1, 0.15) is 43.0 Å². The molecule has 16 heteroatoms. The smallest absolute Gasteiger partial charge is 0.311 e. The van der Waals surface area contributed by atoms with E-state index in [2.05, 4.69) is 15.9 Å². The summed E-state index contributed by atoms with van der Waals surface area (Å²) in [6.45, 7) is 0. The van der Waals surface area contributed by atoms with Crippen molar-refractivity contribution in [3.05, 3.63) is 97.5 Å². The van der Waals surface area contributed by atoms with Crippen molar-refractivity contribution >= 4 is 44.9 Å². The number of carbonyl (C=O) groups is 2. The maximum atomic E-state index is 14.6. The number of anilines is 1. The van der Waals surface area contributed by atoms with Crippen molar-refractivity contribution in [3.8, 4) is 6.07 Å². The zero-order valence-corrected chi connectivity index (χ0v) is 23.5. The van der Waals surface area contributed by atoms with Crippen molar-refractivity contribution < 1.29 is 53.5 Å². The molecule has 0 atom stereocenters. The number of hydrogen-bond donors (Lipinski definition) is 0. The number of carbonyl (C=O) groups excluding carboxylic acids is 2. The predicted molar refractivity (Wildman–Crippen MR) is 137 cm³/mol. The number of ketones is 1. The lowest BCUT2D eigenvalue weighted by molar-refractivity contribution is -0.348. The Kier molecular flexibility index (Phi) is 9.29. The Morgan fingerprint density at radius 3 is 2.02 bits per heavy atom. The van der Waals surface area contributed by atoms with Gasteiger partial charge >= 0.3 is 24.2 Å². The van der Waals surface area contributed by atoms with Crippen LogP contribution in [-0.4, -0.2) is 31.1 Å². The number of amides is 1. The molecule has 4 nitrogen and oxygen atoms in total. The first-order valence-electron chi connectivity index (χ1n) is 11.5. The molecule has 0 aromatic heterocycles. The lowest BCUT2D eigenvalue weighted by atomic mass is 9.89. The molecule has 0 aliphatic rings. The summed E-state index contributed by atoms with van der Waals surface area (Å²) >= 11 is 8.54. The van der Waals surface area contributed by atoms with E-state index in [1.54, 1.807) is 0 Å². The SMILES string of the molecule is CN(C(=O)c1ccc(C#N)cc1Cl)c1cccc(C(=O)Cc2c(Br)cc(C(F)(C(F)(F)F)C(F)(F)F)cc2C(F)(F)F)c1. The number of nitrogens with zero attached hydrogens (tertiary/aromatic N) is 2. The van der Waals surface area contributed by atoms with Gasteiger partial charge in [-0.25, -0.2) is 4.39 Å². The molecule has 0 bridgehead atoms. The topological polar surface area (TPSA) is 61.2 Å². The van der Waals surface area contributed by atoms with E-state index in [1.165, 1.54) is 37.4 Å². The average Bonchev–Trinajstić information content (AvgIpc) is 2.90. The number of hydrogen-bond acceptors (Lipinski definition) is 3.